The van der Waals surface area contributed by atoms with Gasteiger partial charge in [-0.1, -0.05) is 30.3 Å². The van der Waals surface area contributed by atoms with Crippen LogP contribution in [0.1, 0.15) is 41.7 Å². The van der Waals surface area contributed by atoms with E-state index in [-0.39, 0.29) is 5.91 Å². The summed E-state index contributed by atoms with van der Waals surface area (Å²) in [6.07, 6.45) is 1.90. The molecule has 0 aliphatic rings. The van der Waals surface area contributed by atoms with Crippen LogP contribution in [0.15, 0.2) is 54.6 Å². The van der Waals surface area contributed by atoms with Crippen molar-refractivity contribution in [3.8, 4) is 0 Å². The maximum Gasteiger partial charge on any atom is 0.325 e. The largest absolute Gasteiger partial charge is 0.480 e. The fraction of sp³-hybridized carbons (Fsp3) is 0.273. The molecule has 9 N–H and O–H groups in total. The van der Waals surface area contributed by atoms with Crippen molar-refractivity contribution in [3.63, 3.8) is 0 Å². The Hall–Kier alpha value is -3.60. The molecule has 0 spiro atoms. The summed E-state index contributed by atoms with van der Waals surface area (Å²) < 4.78 is 0. The Kier molecular flexibility index (Phi) is 14.3. The van der Waals surface area contributed by atoms with Crippen molar-refractivity contribution in [2.75, 3.05) is 11.9 Å². The lowest BCUT2D eigenvalue weighted by Gasteiger charge is -2.04. The minimum Gasteiger partial charge on any atom is -0.480 e. The summed E-state index contributed by atoms with van der Waals surface area (Å²) in [6.45, 7) is 1.94. The normalized spacial score (nSPS) is 11.4. The third-order valence-corrected chi connectivity index (χ3v) is 3.83. The molecule has 2 atom stereocenters. The summed E-state index contributed by atoms with van der Waals surface area (Å²) in [5.41, 5.74) is 17.5. The number of hydrogen-bond acceptors (Lipinski definition) is 7. The van der Waals surface area contributed by atoms with E-state index in [1.165, 1.54) is 6.92 Å². The number of hydrogen-bond donors (Lipinski definition) is 6. The van der Waals surface area contributed by atoms with Crippen molar-refractivity contribution in [2.45, 2.75) is 31.8 Å². The highest BCUT2D eigenvalue weighted by Crippen LogP contribution is 2.08. The number of carbonyl (C=O) groups excluding carboxylic acids is 2. The lowest BCUT2D eigenvalue weighted by Crippen LogP contribution is -2.30. The lowest BCUT2D eigenvalue weighted by atomic mass is 10.1. The van der Waals surface area contributed by atoms with Crippen molar-refractivity contribution in [2.24, 2.45) is 17.2 Å². The molecule has 0 aliphatic carbocycles. The third kappa shape index (κ3) is 12.9. The average Bonchev–Trinajstić information content (AvgIpc) is 2.78. The first-order chi connectivity index (χ1) is 15.1. The molecule has 0 saturated carbocycles. The van der Waals surface area contributed by atoms with E-state index in [1.54, 1.807) is 48.5 Å². The van der Waals surface area contributed by atoms with Gasteiger partial charge in [-0.2, -0.15) is 0 Å². The van der Waals surface area contributed by atoms with Gasteiger partial charge in [-0.25, -0.2) is 0 Å². The number of benzene rings is 2. The second-order valence-corrected chi connectivity index (χ2v) is 6.52. The number of carboxylic acid groups (broad SMARTS) is 2. The Morgan fingerprint density at radius 3 is 1.94 bits per heavy atom. The molecule has 0 heterocycles. The number of aldehydes is 1. The van der Waals surface area contributed by atoms with Crippen LogP contribution in [0.4, 0.5) is 5.69 Å². The van der Waals surface area contributed by atoms with Crippen LogP contribution in [0, 0.1) is 0 Å². The molecule has 2 aromatic carbocycles. The predicted molar refractivity (Wildman–Crippen MR) is 121 cm³/mol. The monoisotopic (exact) mass is 446 g/mol. The van der Waals surface area contributed by atoms with E-state index in [1.807, 2.05) is 6.07 Å². The van der Waals surface area contributed by atoms with Crippen LogP contribution in [0.3, 0.4) is 0 Å². The quantitative estimate of drug-likeness (QED) is 0.324. The first-order valence-electron chi connectivity index (χ1n) is 9.67. The summed E-state index contributed by atoms with van der Waals surface area (Å²) in [5, 5.41) is 19.4. The Morgan fingerprint density at radius 1 is 0.969 bits per heavy atom. The number of carbonyl (C=O) groups is 4. The number of carboxylic acids is 2. The van der Waals surface area contributed by atoms with E-state index in [2.05, 4.69) is 5.32 Å². The van der Waals surface area contributed by atoms with Gasteiger partial charge in [-0.15, -0.1) is 0 Å². The molecule has 0 saturated heterocycles. The summed E-state index contributed by atoms with van der Waals surface area (Å²) >= 11 is 0. The van der Waals surface area contributed by atoms with Gasteiger partial charge in [-0.05, 0) is 49.2 Å². The number of nitrogens with one attached hydrogen (secondary N) is 1. The molecule has 1 unspecified atom stereocenters. The highest BCUT2D eigenvalue weighted by Gasteiger charge is 2.12. The van der Waals surface area contributed by atoms with Crippen LogP contribution in [0.2, 0.25) is 0 Å². The molecule has 2 aromatic rings. The van der Waals surface area contributed by atoms with Gasteiger partial charge in [0.2, 0.25) is 5.91 Å². The molecular formula is C22H30N4O6. The van der Waals surface area contributed by atoms with Crippen LogP contribution in [0.25, 0.3) is 0 Å². The SMILES string of the molecule is CC(=O)Nc1ccc(C=O)cc1.NC(C(=O)O)c1ccccc1.NCCC[C@H](N)C(=O)O. The van der Waals surface area contributed by atoms with E-state index in [0.717, 1.165) is 6.29 Å². The Morgan fingerprint density at radius 2 is 1.53 bits per heavy atom. The Labute approximate surface area is 186 Å². The molecule has 0 fully saturated rings. The van der Waals surface area contributed by atoms with Crippen LogP contribution >= 0.6 is 0 Å². The molecule has 0 aliphatic heterocycles. The van der Waals surface area contributed by atoms with Gasteiger partial charge in [0.15, 0.2) is 0 Å². The molecule has 1 amide bonds. The highest BCUT2D eigenvalue weighted by molar-refractivity contribution is 5.89. The van der Waals surface area contributed by atoms with Gasteiger partial charge in [0.1, 0.15) is 18.4 Å². The molecule has 0 aromatic heterocycles. The van der Waals surface area contributed by atoms with E-state index in [0.29, 0.717) is 36.2 Å². The highest BCUT2D eigenvalue weighted by atomic mass is 16.4. The molecule has 0 radical (unpaired) electrons. The summed E-state index contributed by atoms with van der Waals surface area (Å²) in [5.74, 6) is -2.08. The summed E-state index contributed by atoms with van der Waals surface area (Å²) in [7, 11) is 0. The van der Waals surface area contributed by atoms with Crippen molar-refractivity contribution in [3.05, 3.63) is 65.7 Å². The number of nitrogens with two attached hydrogens (primary N) is 3. The molecule has 174 valence electrons. The predicted octanol–water partition coefficient (Wildman–Crippen LogP) is 1.37. The molecule has 10 heteroatoms. The average molecular weight is 447 g/mol. The van der Waals surface area contributed by atoms with Gasteiger partial charge in [0.05, 0.1) is 0 Å². The molecule has 32 heavy (non-hydrogen) atoms. The van der Waals surface area contributed by atoms with Crippen LogP contribution in [0.5, 0.6) is 0 Å². The maximum absolute atomic E-state index is 10.6. The number of rotatable bonds is 8. The molecular weight excluding hydrogens is 416 g/mol. The number of anilines is 1. The minimum atomic E-state index is -1.00. The molecule has 10 nitrogen and oxygen atoms in total. The van der Waals surface area contributed by atoms with Crippen LogP contribution in [-0.4, -0.2) is 46.9 Å². The van der Waals surface area contributed by atoms with Crippen LogP contribution in [-0.2, 0) is 14.4 Å². The maximum atomic E-state index is 10.6. The third-order valence-electron chi connectivity index (χ3n) is 3.83. The topological polar surface area (TPSA) is 199 Å². The fourth-order valence-corrected chi connectivity index (χ4v) is 2.11. The fourth-order valence-electron chi connectivity index (χ4n) is 2.11. The van der Waals surface area contributed by atoms with Gasteiger partial charge in [-0.3, -0.25) is 19.2 Å². The minimum absolute atomic E-state index is 0.117. The van der Waals surface area contributed by atoms with Crippen molar-refractivity contribution in [1.29, 1.82) is 0 Å². The Bertz CT molecular complexity index is 843. The van der Waals surface area contributed by atoms with Crippen LogP contribution < -0.4 is 22.5 Å². The van der Waals surface area contributed by atoms with Gasteiger partial charge in [0.25, 0.3) is 0 Å². The van der Waals surface area contributed by atoms with E-state index >= 15 is 0 Å². The summed E-state index contributed by atoms with van der Waals surface area (Å²) in [4.78, 5) is 41.3. The van der Waals surface area contributed by atoms with Gasteiger partial charge >= 0.3 is 11.9 Å². The lowest BCUT2D eigenvalue weighted by molar-refractivity contribution is -0.139. The van der Waals surface area contributed by atoms with E-state index in [9.17, 15) is 19.2 Å². The second kappa shape index (κ2) is 16.1. The first-order valence-corrected chi connectivity index (χ1v) is 9.67. The first kappa shape index (κ1) is 28.4. The zero-order valence-electron chi connectivity index (χ0n) is 17.8. The van der Waals surface area contributed by atoms with Crippen molar-refractivity contribution < 1.29 is 29.4 Å². The molecule has 2 rings (SSSR count). The standard InChI is InChI=1S/C9H9NO2.C8H9NO2.C5H12N2O2/c1-7(12)10-9-4-2-8(6-11)3-5-9;9-7(8(10)11)6-4-2-1-3-5-6;6-3-1-2-4(7)5(8)9/h2-6H,1H3,(H,10,12);1-5,7H,9H2,(H,10,11);4H,1-3,6-7H2,(H,8,9)/t;;4-/m..0/s1. The zero-order valence-corrected chi connectivity index (χ0v) is 17.8. The Balaban J connectivity index is 0.000000456. The van der Waals surface area contributed by atoms with Gasteiger partial charge in [0, 0.05) is 18.2 Å². The van der Waals surface area contributed by atoms with Crippen molar-refractivity contribution >= 4 is 29.8 Å². The zero-order chi connectivity index (χ0) is 24.5. The number of amides is 1. The van der Waals surface area contributed by atoms with Gasteiger partial charge < -0.3 is 32.7 Å². The summed E-state index contributed by atoms with van der Waals surface area (Å²) in [6, 6.07) is 13.8. The van der Waals surface area contributed by atoms with E-state index in [4.69, 9.17) is 27.4 Å². The molecule has 0 bridgehead atoms. The smallest absolute Gasteiger partial charge is 0.325 e. The van der Waals surface area contributed by atoms with E-state index < -0.39 is 24.0 Å². The second-order valence-electron chi connectivity index (χ2n) is 6.52. The van der Waals surface area contributed by atoms with Crippen molar-refractivity contribution in [1.82, 2.24) is 0 Å². The number of aliphatic carboxylic acids is 2.